The van der Waals surface area contributed by atoms with Crippen LogP contribution < -0.4 is 5.32 Å². The lowest BCUT2D eigenvalue weighted by Gasteiger charge is -2.20. The Labute approximate surface area is 177 Å². The molecule has 0 radical (unpaired) electrons. The van der Waals surface area contributed by atoms with Crippen molar-refractivity contribution in [2.45, 2.75) is 51.3 Å². The molecule has 2 aromatic rings. The fourth-order valence-electron chi connectivity index (χ4n) is 3.67. The molecule has 0 amide bonds. The lowest BCUT2D eigenvalue weighted by atomic mass is 9.98. The zero-order valence-corrected chi connectivity index (χ0v) is 17.7. The summed E-state index contributed by atoms with van der Waals surface area (Å²) in [5.41, 5.74) is 4.03. The molecule has 3 atom stereocenters. The van der Waals surface area contributed by atoms with E-state index in [9.17, 15) is 9.90 Å². The normalized spacial score (nSPS) is 20.1. The van der Waals surface area contributed by atoms with Crippen LogP contribution in [0.3, 0.4) is 0 Å². The summed E-state index contributed by atoms with van der Waals surface area (Å²) in [7, 11) is 0. The molecule has 158 valence electrons. The number of hydrogen-bond donors (Lipinski definition) is 3. The number of rotatable bonds is 9. The van der Waals surface area contributed by atoms with Crippen molar-refractivity contribution < 1.29 is 15.0 Å². The van der Waals surface area contributed by atoms with E-state index in [4.69, 9.17) is 5.11 Å². The van der Waals surface area contributed by atoms with Gasteiger partial charge in [-0.25, -0.2) is 0 Å². The van der Waals surface area contributed by atoms with Gasteiger partial charge in [0.15, 0.2) is 0 Å². The summed E-state index contributed by atoms with van der Waals surface area (Å²) in [5, 5.41) is 22.8. The van der Waals surface area contributed by atoms with Gasteiger partial charge in [0.25, 0.3) is 0 Å². The molecule has 0 aliphatic carbocycles. The minimum Gasteiger partial charge on any atom is -0.481 e. The maximum atomic E-state index is 10.9. The summed E-state index contributed by atoms with van der Waals surface area (Å²) in [6, 6.07) is 11.6. The second-order valence-corrected chi connectivity index (χ2v) is 8.13. The number of aliphatic hydroxyl groups excluding tert-OH is 1. The van der Waals surface area contributed by atoms with Crippen LogP contribution in [0.1, 0.15) is 49.3 Å². The third-order valence-corrected chi connectivity index (χ3v) is 5.30. The number of hydrogen-bond acceptors (Lipinski definition) is 5. The molecule has 3 N–H and O–H groups in total. The number of nitrogens with one attached hydrogen (secondary N) is 1. The molecule has 0 saturated heterocycles. The molecule has 0 fully saturated rings. The Bertz CT molecular complexity index is 952. The molecular formula is C24H29N3O3. The van der Waals surface area contributed by atoms with E-state index >= 15 is 0 Å². The van der Waals surface area contributed by atoms with Crippen LogP contribution in [-0.2, 0) is 23.2 Å². The first-order valence-electron chi connectivity index (χ1n) is 10.2. The Morgan fingerprint density at radius 2 is 2.00 bits per heavy atom. The zero-order chi connectivity index (χ0) is 21.7. The summed E-state index contributed by atoms with van der Waals surface area (Å²) in [6.45, 7) is 6.44. The summed E-state index contributed by atoms with van der Waals surface area (Å²) >= 11 is 0. The minimum absolute atomic E-state index is 0.0249. The first-order chi connectivity index (χ1) is 14.2. The van der Waals surface area contributed by atoms with Crippen LogP contribution >= 0.6 is 0 Å². The predicted molar refractivity (Wildman–Crippen MR) is 118 cm³/mol. The highest BCUT2D eigenvalue weighted by Crippen LogP contribution is 2.30. The number of carbonyl (C=O) groups is 1. The average Bonchev–Trinajstić information content (AvgIpc) is 3.06. The Hall–Kier alpha value is -2.83. The van der Waals surface area contributed by atoms with Gasteiger partial charge in [-0.1, -0.05) is 30.3 Å². The molecular weight excluding hydrogens is 378 g/mol. The molecule has 0 spiro atoms. The Kier molecular flexibility index (Phi) is 6.80. The third kappa shape index (κ3) is 5.62. The Morgan fingerprint density at radius 1 is 1.23 bits per heavy atom. The Morgan fingerprint density at radius 3 is 2.63 bits per heavy atom. The van der Waals surface area contributed by atoms with Gasteiger partial charge < -0.3 is 15.5 Å². The number of benzene rings is 1. The van der Waals surface area contributed by atoms with E-state index < -0.39 is 17.6 Å². The number of pyridine rings is 1. The van der Waals surface area contributed by atoms with Crippen LogP contribution in [0, 0.1) is 0 Å². The summed E-state index contributed by atoms with van der Waals surface area (Å²) in [5.74, 6) is -0.832. The molecule has 2 unspecified atom stereocenters. The number of allylic oxidation sites excluding steroid dienone is 1. The predicted octanol–water partition coefficient (Wildman–Crippen LogP) is 3.21. The van der Waals surface area contributed by atoms with Gasteiger partial charge in [-0.3, -0.25) is 14.8 Å². The highest BCUT2D eigenvalue weighted by Gasteiger charge is 2.27. The molecule has 1 aliphatic rings. The number of aliphatic imine (C=N–C) groups is 1. The summed E-state index contributed by atoms with van der Waals surface area (Å²) in [4.78, 5) is 20.0. The second-order valence-electron chi connectivity index (χ2n) is 8.13. The lowest BCUT2D eigenvalue weighted by molar-refractivity contribution is -0.136. The molecule has 6 heteroatoms. The van der Waals surface area contributed by atoms with Crippen LogP contribution in [0.4, 0.5) is 0 Å². The van der Waals surface area contributed by atoms with Gasteiger partial charge in [0, 0.05) is 30.1 Å². The van der Waals surface area contributed by atoms with Crippen molar-refractivity contribution in [2.75, 3.05) is 6.54 Å². The van der Waals surface area contributed by atoms with Crippen molar-refractivity contribution in [1.82, 2.24) is 10.3 Å². The molecule has 1 aliphatic heterocycles. The second kappa shape index (κ2) is 9.32. The number of aliphatic carboxylic acids is 1. The maximum absolute atomic E-state index is 10.9. The lowest BCUT2D eigenvalue weighted by Crippen LogP contribution is -2.32. The fourth-order valence-corrected chi connectivity index (χ4v) is 3.67. The molecule has 3 rings (SSSR count). The molecule has 2 heterocycles. The van der Waals surface area contributed by atoms with Crippen LogP contribution in [0.15, 0.2) is 59.7 Å². The van der Waals surface area contributed by atoms with Crippen LogP contribution in [-0.4, -0.2) is 39.5 Å². The third-order valence-electron chi connectivity index (χ3n) is 5.30. The average molecular weight is 408 g/mol. The first kappa shape index (κ1) is 21.9. The molecule has 30 heavy (non-hydrogen) atoms. The fraction of sp³-hybridized carbons (Fsp3) is 0.375. The largest absolute Gasteiger partial charge is 0.481 e. The van der Waals surface area contributed by atoms with Gasteiger partial charge >= 0.3 is 5.97 Å². The quantitative estimate of drug-likeness (QED) is 0.593. The van der Waals surface area contributed by atoms with E-state index in [2.05, 4.69) is 15.3 Å². The minimum atomic E-state index is -0.832. The standard InChI is InChI=1S/C24H29N3O3/c1-16-9-10-24(3,27-16)22-8-7-20(14-26-22)21(28)15-25-17(2)11-18-5-4-6-19(12-18)13-23(29)30/h4-10,12,14,17,21,25,28H,11,13,15H2,1-3H3,(H,29,30)/t17?,21-,24?/m0/s1. The SMILES string of the molecule is CC1=NC(C)(c2ccc([C@@H](O)CNC(C)Cc3cccc(CC(=O)O)c3)cn2)C=C1. The maximum Gasteiger partial charge on any atom is 0.307 e. The molecule has 1 aromatic carbocycles. The van der Waals surface area contributed by atoms with Crippen LogP contribution in [0.2, 0.25) is 0 Å². The summed E-state index contributed by atoms with van der Waals surface area (Å²) < 4.78 is 0. The van der Waals surface area contributed by atoms with Gasteiger partial charge in [0.2, 0.25) is 0 Å². The number of aliphatic hydroxyl groups is 1. The monoisotopic (exact) mass is 407 g/mol. The summed E-state index contributed by atoms with van der Waals surface area (Å²) in [6.07, 6.45) is 5.85. The highest BCUT2D eigenvalue weighted by molar-refractivity contribution is 5.95. The van der Waals surface area contributed by atoms with Crippen LogP contribution in [0.25, 0.3) is 0 Å². The van der Waals surface area contributed by atoms with Crippen molar-refractivity contribution in [1.29, 1.82) is 0 Å². The van der Waals surface area contributed by atoms with E-state index in [-0.39, 0.29) is 12.5 Å². The molecule has 0 saturated carbocycles. The zero-order valence-electron chi connectivity index (χ0n) is 17.7. The van der Waals surface area contributed by atoms with Crippen molar-refractivity contribution in [2.24, 2.45) is 4.99 Å². The highest BCUT2D eigenvalue weighted by atomic mass is 16.4. The van der Waals surface area contributed by atoms with Crippen molar-refractivity contribution >= 4 is 11.7 Å². The van der Waals surface area contributed by atoms with E-state index in [0.29, 0.717) is 6.54 Å². The van der Waals surface area contributed by atoms with Crippen LogP contribution in [0.5, 0.6) is 0 Å². The van der Waals surface area contributed by atoms with Gasteiger partial charge in [-0.05, 0) is 56.5 Å². The Balaban J connectivity index is 1.53. The van der Waals surface area contributed by atoms with E-state index in [1.54, 1.807) is 6.20 Å². The number of carboxylic acid groups (broad SMARTS) is 1. The van der Waals surface area contributed by atoms with E-state index in [1.165, 1.54) is 0 Å². The van der Waals surface area contributed by atoms with Crippen molar-refractivity contribution in [3.63, 3.8) is 0 Å². The number of aromatic nitrogens is 1. The number of nitrogens with zero attached hydrogens (tertiary/aromatic N) is 2. The van der Waals surface area contributed by atoms with Gasteiger partial charge in [-0.2, -0.15) is 0 Å². The van der Waals surface area contributed by atoms with Crippen molar-refractivity contribution in [3.8, 4) is 0 Å². The molecule has 1 aromatic heterocycles. The van der Waals surface area contributed by atoms with Gasteiger partial charge in [-0.15, -0.1) is 0 Å². The van der Waals surface area contributed by atoms with Crippen molar-refractivity contribution in [3.05, 3.63) is 77.1 Å². The van der Waals surface area contributed by atoms with E-state index in [1.807, 2.05) is 69.3 Å². The number of carboxylic acids is 1. The van der Waals surface area contributed by atoms with Gasteiger partial charge in [0.05, 0.1) is 18.2 Å². The molecule has 6 nitrogen and oxygen atoms in total. The van der Waals surface area contributed by atoms with Gasteiger partial charge in [0.1, 0.15) is 5.54 Å². The molecule has 0 bridgehead atoms. The first-order valence-corrected chi connectivity index (χ1v) is 10.2. The topological polar surface area (TPSA) is 94.8 Å². The van der Waals surface area contributed by atoms with E-state index in [0.717, 1.165) is 34.5 Å². The smallest absolute Gasteiger partial charge is 0.307 e.